The van der Waals surface area contributed by atoms with Crippen LogP contribution < -0.4 is 15.4 Å². The van der Waals surface area contributed by atoms with E-state index < -0.39 is 6.10 Å². The monoisotopic (exact) mass is 314 g/mol. The number of urea groups is 1. The summed E-state index contributed by atoms with van der Waals surface area (Å²) >= 11 is 0. The summed E-state index contributed by atoms with van der Waals surface area (Å²) in [6.45, 7) is 1.86. The average Bonchev–Trinajstić information content (AvgIpc) is 2.56. The molecular weight excluding hydrogens is 292 g/mol. The maximum Gasteiger partial charge on any atom is 0.319 e. The zero-order chi connectivity index (χ0) is 16.7. The van der Waals surface area contributed by atoms with Crippen molar-refractivity contribution < 1.29 is 14.6 Å². The number of benzene rings is 2. The van der Waals surface area contributed by atoms with Crippen LogP contribution in [-0.2, 0) is 0 Å². The van der Waals surface area contributed by atoms with Crippen molar-refractivity contribution in [3.8, 4) is 5.75 Å². The van der Waals surface area contributed by atoms with Crippen molar-refractivity contribution in [2.45, 2.75) is 25.5 Å². The lowest BCUT2D eigenvalue weighted by atomic mass is 10.0. The number of carbonyl (C=O) groups is 1. The van der Waals surface area contributed by atoms with Crippen molar-refractivity contribution >= 4 is 11.7 Å². The summed E-state index contributed by atoms with van der Waals surface area (Å²) in [5, 5.41) is 15.7. The highest BCUT2D eigenvalue weighted by atomic mass is 16.5. The molecule has 5 heteroatoms. The first-order valence-electron chi connectivity index (χ1n) is 7.53. The first-order chi connectivity index (χ1) is 11.1. The smallest absolute Gasteiger partial charge is 0.319 e. The quantitative estimate of drug-likeness (QED) is 0.766. The second-order valence-electron chi connectivity index (χ2n) is 5.39. The highest BCUT2D eigenvalue weighted by Crippen LogP contribution is 2.18. The van der Waals surface area contributed by atoms with Gasteiger partial charge in [-0.15, -0.1) is 0 Å². The molecule has 2 amide bonds. The largest absolute Gasteiger partial charge is 0.497 e. The number of hydrogen-bond donors (Lipinski definition) is 3. The molecule has 0 heterocycles. The molecule has 0 radical (unpaired) electrons. The Hall–Kier alpha value is -2.53. The molecule has 0 aliphatic heterocycles. The van der Waals surface area contributed by atoms with Gasteiger partial charge < -0.3 is 20.5 Å². The number of methoxy groups -OCH3 is 1. The third-order valence-corrected chi connectivity index (χ3v) is 3.49. The first kappa shape index (κ1) is 16.8. The predicted molar refractivity (Wildman–Crippen MR) is 90.6 cm³/mol. The zero-order valence-electron chi connectivity index (χ0n) is 13.3. The van der Waals surface area contributed by atoms with Crippen LogP contribution in [-0.4, -0.2) is 24.3 Å². The van der Waals surface area contributed by atoms with Crippen LogP contribution in [0, 0.1) is 0 Å². The van der Waals surface area contributed by atoms with Gasteiger partial charge in [-0.05, 0) is 43.2 Å². The summed E-state index contributed by atoms with van der Waals surface area (Å²) in [7, 11) is 1.59. The number of hydrogen-bond acceptors (Lipinski definition) is 3. The van der Waals surface area contributed by atoms with Crippen LogP contribution in [0.5, 0.6) is 5.75 Å². The molecule has 0 aliphatic rings. The Morgan fingerprint density at radius 1 is 1.13 bits per heavy atom. The van der Waals surface area contributed by atoms with Crippen LogP contribution in [0.15, 0.2) is 54.6 Å². The molecule has 2 aromatic rings. The first-order valence-corrected chi connectivity index (χ1v) is 7.53. The summed E-state index contributed by atoms with van der Waals surface area (Å²) < 4.78 is 5.07. The van der Waals surface area contributed by atoms with Crippen LogP contribution in [0.1, 0.15) is 25.0 Å². The second-order valence-corrected chi connectivity index (χ2v) is 5.39. The van der Waals surface area contributed by atoms with Crippen molar-refractivity contribution in [3.05, 3.63) is 60.2 Å². The Bertz CT molecular complexity index is 614. The normalized spacial score (nSPS) is 13.0. The number of aliphatic hydroxyl groups excluding tert-OH is 1. The van der Waals surface area contributed by atoms with Gasteiger partial charge in [0, 0.05) is 11.7 Å². The maximum atomic E-state index is 12.0. The molecule has 2 rings (SSSR count). The van der Waals surface area contributed by atoms with Crippen molar-refractivity contribution in [2.75, 3.05) is 12.4 Å². The summed E-state index contributed by atoms with van der Waals surface area (Å²) in [4.78, 5) is 12.0. The summed E-state index contributed by atoms with van der Waals surface area (Å²) in [5.41, 5.74) is 1.52. The van der Waals surface area contributed by atoms with Gasteiger partial charge >= 0.3 is 6.03 Å². The molecule has 0 aliphatic carbocycles. The Morgan fingerprint density at radius 2 is 1.78 bits per heavy atom. The molecular formula is C18H22N2O3. The SMILES string of the molecule is COc1ccc(NC(=O)NC(C)CC(O)c2ccccc2)cc1. The van der Waals surface area contributed by atoms with E-state index in [4.69, 9.17) is 4.74 Å². The van der Waals surface area contributed by atoms with Gasteiger partial charge in [0.25, 0.3) is 0 Å². The fourth-order valence-electron chi connectivity index (χ4n) is 2.27. The third-order valence-electron chi connectivity index (χ3n) is 3.49. The van der Waals surface area contributed by atoms with Crippen LogP contribution >= 0.6 is 0 Å². The number of nitrogens with one attached hydrogen (secondary N) is 2. The van der Waals surface area contributed by atoms with Gasteiger partial charge in [0.2, 0.25) is 0 Å². The molecule has 0 saturated heterocycles. The minimum absolute atomic E-state index is 0.163. The lowest BCUT2D eigenvalue weighted by molar-refractivity contribution is 0.155. The van der Waals surface area contributed by atoms with Gasteiger partial charge in [-0.2, -0.15) is 0 Å². The maximum absolute atomic E-state index is 12.0. The van der Waals surface area contributed by atoms with E-state index in [-0.39, 0.29) is 12.1 Å². The van der Waals surface area contributed by atoms with E-state index >= 15 is 0 Å². The van der Waals surface area contributed by atoms with Crippen molar-refractivity contribution in [2.24, 2.45) is 0 Å². The lowest BCUT2D eigenvalue weighted by Gasteiger charge is -2.18. The summed E-state index contributed by atoms with van der Waals surface area (Å²) in [5.74, 6) is 0.732. The molecule has 0 bridgehead atoms. The molecule has 5 nitrogen and oxygen atoms in total. The van der Waals surface area contributed by atoms with Gasteiger partial charge in [0.15, 0.2) is 0 Å². The number of ether oxygens (including phenoxy) is 1. The molecule has 0 saturated carbocycles. The lowest BCUT2D eigenvalue weighted by Crippen LogP contribution is -2.37. The fourth-order valence-corrected chi connectivity index (χ4v) is 2.27. The van der Waals surface area contributed by atoms with Gasteiger partial charge in [0.05, 0.1) is 13.2 Å². The van der Waals surface area contributed by atoms with Crippen LogP contribution in [0.25, 0.3) is 0 Å². The summed E-state index contributed by atoms with van der Waals surface area (Å²) in [6.07, 6.45) is -0.160. The standard InChI is InChI=1S/C18H22N2O3/c1-13(12-17(21)14-6-4-3-5-7-14)19-18(22)20-15-8-10-16(23-2)11-9-15/h3-11,13,17,21H,12H2,1-2H3,(H2,19,20,22). The fraction of sp³-hybridized carbons (Fsp3) is 0.278. The second kappa shape index (κ2) is 8.19. The Labute approximate surface area is 136 Å². The minimum atomic E-state index is -0.604. The molecule has 2 aromatic carbocycles. The Morgan fingerprint density at radius 3 is 2.39 bits per heavy atom. The molecule has 2 unspecified atom stereocenters. The van der Waals surface area contributed by atoms with Crippen LogP contribution in [0.2, 0.25) is 0 Å². The van der Waals surface area contributed by atoms with E-state index in [2.05, 4.69) is 10.6 Å². The van der Waals surface area contributed by atoms with Crippen molar-refractivity contribution in [3.63, 3.8) is 0 Å². The average molecular weight is 314 g/mol. The van der Waals surface area contributed by atoms with E-state index in [9.17, 15) is 9.90 Å². The van der Waals surface area contributed by atoms with Gasteiger partial charge in [0.1, 0.15) is 5.75 Å². The van der Waals surface area contributed by atoms with Crippen LogP contribution in [0.3, 0.4) is 0 Å². The summed E-state index contributed by atoms with van der Waals surface area (Å²) in [6, 6.07) is 16.0. The number of amides is 2. The number of carbonyl (C=O) groups excluding carboxylic acids is 1. The molecule has 0 fully saturated rings. The van der Waals surface area contributed by atoms with Gasteiger partial charge in [-0.1, -0.05) is 30.3 Å². The highest BCUT2D eigenvalue weighted by molar-refractivity contribution is 5.89. The van der Waals surface area contributed by atoms with Gasteiger partial charge in [-0.3, -0.25) is 0 Å². The number of anilines is 1. The molecule has 3 N–H and O–H groups in total. The molecule has 0 spiro atoms. The minimum Gasteiger partial charge on any atom is -0.497 e. The van der Waals surface area contributed by atoms with E-state index in [1.165, 1.54) is 0 Å². The Balaban J connectivity index is 1.82. The molecule has 2 atom stereocenters. The number of aliphatic hydroxyl groups is 1. The zero-order valence-corrected chi connectivity index (χ0v) is 13.3. The van der Waals surface area contributed by atoms with Crippen molar-refractivity contribution in [1.29, 1.82) is 0 Å². The topological polar surface area (TPSA) is 70.6 Å². The van der Waals surface area contributed by atoms with Gasteiger partial charge in [-0.25, -0.2) is 4.79 Å². The van der Waals surface area contributed by atoms with E-state index in [0.717, 1.165) is 11.3 Å². The predicted octanol–water partition coefficient (Wildman–Crippen LogP) is 3.33. The van der Waals surface area contributed by atoms with E-state index in [1.807, 2.05) is 37.3 Å². The molecule has 122 valence electrons. The Kier molecular flexibility index (Phi) is 6.00. The molecule has 0 aromatic heterocycles. The molecule has 23 heavy (non-hydrogen) atoms. The van der Waals surface area contributed by atoms with Crippen molar-refractivity contribution in [1.82, 2.24) is 5.32 Å². The third kappa shape index (κ3) is 5.30. The van der Waals surface area contributed by atoms with Crippen LogP contribution in [0.4, 0.5) is 10.5 Å². The highest BCUT2D eigenvalue weighted by Gasteiger charge is 2.14. The number of rotatable bonds is 6. The van der Waals surface area contributed by atoms with E-state index in [0.29, 0.717) is 12.1 Å². The van der Waals surface area contributed by atoms with E-state index in [1.54, 1.807) is 31.4 Å².